The first-order chi connectivity index (χ1) is 10.5. The van der Waals surface area contributed by atoms with E-state index in [-0.39, 0.29) is 23.6 Å². The summed E-state index contributed by atoms with van der Waals surface area (Å²) in [6, 6.07) is 1.82. The summed E-state index contributed by atoms with van der Waals surface area (Å²) in [6.07, 6.45) is 0.681. The SMILES string of the molecule is Cc1cc(CC2COCC2NC(=O)c2oc(C)nc2C)on1. The monoisotopic (exact) mass is 305 g/mol. The molecule has 1 saturated heterocycles. The van der Waals surface area contributed by atoms with Crippen molar-refractivity contribution < 1.29 is 18.5 Å². The largest absolute Gasteiger partial charge is 0.436 e. The lowest BCUT2D eigenvalue weighted by atomic mass is 9.98. The Morgan fingerprint density at radius 2 is 2.18 bits per heavy atom. The third-order valence-electron chi connectivity index (χ3n) is 3.76. The average Bonchev–Trinajstić information content (AvgIpc) is 3.13. The van der Waals surface area contributed by atoms with Crippen LogP contribution < -0.4 is 5.32 Å². The van der Waals surface area contributed by atoms with E-state index in [1.54, 1.807) is 13.8 Å². The summed E-state index contributed by atoms with van der Waals surface area (Å²) in [7, 11) is 0. The highest BCUT2D eigenvalue weighted by molar-refractivity contribution is 5.92. The van der Waals surface area contributed by atoms with Crippen LogP contribution in [0, 0.1) is 26.7 Å². The van der Waals surface area contributed by atoms with Gasteiger partial charge >= 0.3 is 0 Å². The Morgan fingerprint density at radius 3 is 2.82 bits per heavy atom. The third-order valence-corrected chi connectivity index (χ3v) is 3.76. The number of amides is 1. The first-order valence-electron chi connectivity index (χ1n) is 7.27. The number of hydrogen-bond donors (Lipinski definition) is 1. The minimum absolute atomic E-state index is 0.0808. The highest BCUT2D eigenvalue weighted by atomic mass is 16.5. The number of hydrogen-bond acceptors (Lipinski definition) is 6. The van der Waals surface area contributed by atoms with Crippen molar-refractivity contribution in [3.05, 3.63) is 34.9 Å². The van der Waals surface area contributed by atoms with Gasteiger partial charge in [0.2, 0.25) is 5.76 Å². The zero-order valence-corrected chi connectivity index (χ0v) is 12.9. The minimum Gasteiger partial charge on any atom is -0.436 e. The molecule has 0 saturated carbocycles. The Balaban J connectivity index is 1.66. The molecular formula is C15H19N3O4. The van der Waals surface area contributed by atoms with E-state index in [1.807, 2.05) is 13.0 Å². The maximum absolute atomic E-state index is 12.3. The molecule has 3 heterocycles. The van der Waals surface area contributed by atoms with Crippen LogP contribution in [0.3, 0.4) is 0 Å². The van der Waals surface area contributed by atoms with Gasteiger partial charge in [-0.25, -0.2) is 4.98 Å². The van der Waals surface area contributed by atoms with Gasteiger partial charge in [-0.2, -0.15) is 0 Å². The Morgan fingerprint density at radius 1 is 1.36 bits per heavy atom. The molecule has 2 atom stereocenters. The van der Waals surface area contributed by atoms with Crippen molar-refractivity contribution in [2.75, 3.05) is 13.2 Å². The number of nitrogens with zero attached hydrogens (tertiary/aromatic N) is 2. The topological polar surface area (TPSA) is 90.4 Å². The quantitative estimate of drug-likeness (QED) is 0.922. The molecule has 7 nitrogen and oxygen atoms in total. The molecule has 118 valence electrons. The lowest BCUT2D eigenvalue weighted by molar-refractivity contribution is 0.0894. The van der Waals surface area contributed by atoms with Crippen molar-refractivity contribution in [1.29, 1.82) is 0 Å². The van der Waals surface area contributed by atoms with Crippen LogP contribution >= 0.6 is 0 Å². The van der Waals surface area contributed by atoms with Crippen LogP contribution in [0.2, 0.25) is 0 Å². The second-order valence-corrected chi connectivity index (χ2v) is 5.66. The van der Waals surface area contributed by atoms with E-state index >= 15 is 0 Å². The van der Waals surface area contributed by atoms with E-state index in [0.717, 1.165) is 11.5 Å². The zero-order valence-electron chi connectivity index (χ0n) is 12.9. The molecule has 1 fully saturated rings. The van der Waals surface area contributed by atoms with Gasteiger partial charge in [-0.05, 0) is 13.8 Å². The highest BCUT2D eigenvalue weighted by Crippen LogP contribution is 2.20. The third kappa shape index (κ3) is 3.04. The standard InChI is InChI=1S/C15H19N3O4/c1-8-4-12(22-18-8)5-11-6-20-7-13(11)17-15(19)14-9(2)16-10(3)21-14/h4,11,13H,5-7H2,1-3H3,(H,17,19). The molecule has 1 aliphatic heterocycles. The second-order valence-electron chi connectivity index (χ2n) is 5.66. The molecule has 0 aromatic carbocycles. The molecule has 2 aromatic heterocycles. The Bertz CT molecular complexity index is 676. The summed E-state index contributed by atoms with van der Waals surface area (Å²) in [4.78, 5) is 16.4. The van der Waals surface area contributed by atoms with Crippen molar-refractivity contribution in [3.63, 3.8) is 0 Å². The van der Waals surface area contributed by atoms with Crippen molar-refractivity contribution >= 4 is 5.91 Å². The average molecular weight is 305 g/mol. The van der Waals surface area contributed by atoms with E-state index in [2.05, 4.69) is 15.5 Å². The van der Waals surface area contributed by atoms with Crippen molar-refractivity contribution in [3.8, 4) is 0 Å². The number of carbonyl (C=O) groups is 1. The second kappa shape index (κ2) is 5.92. The molecule has 0 spiro atoms. The van der Waals surface area contributed by atoms with E-state index < -0.39 is 0 Å². The molecule has 0 bridgehead atoms. The molecule has 7 heteroatoms. The smallest absolute Gasteiger partial charge is 0.289 e. The van der Waals surface area contributed by atoms with Crippen molar-refractivity contribution in [1.82, 2.24) is 15.5 Å². The van der Waals surface area contributed by atoms with Gasteiger partial charge in [-0.3, -0.25) is 4.79 Å². The fraction of sp³-hybridized carbons (Fsp3) is 0.533. The maximum atomic E-state index is 12.3. The minimum atomic E-state index is -0.257. The number of ether oxygens (including phenoxy) is 1. The fourth-order valence-corrected chi connectivity index (χ4v) is 2.71. The van der Waals surface area contributed by atoms with Crippen LogP contribution in [0.5, 0.6) is 0 Å². The summed E-state index contributed by atoms with van der Waals surface area (Å²) in [6.45, 7) is 6.42. The molecule has 2 unspecified atom stereocenters. The number of oxazole rings is 1. The van der Waals surface area contributed by atoms with E-state index in [0.29, 0.717) is 31.2 Å². The van der Waals surface area contributed by atoms with Gasteiger partial charge in [0.05, 0.1) is 30.6 Å². The van der Waals surface area contributed by atoms with Crippen LogP contribution in [0.15, 0.2) is 15.0 Å². The number of aromatic nitrogens is 2. The lowest BCUT2D eigenvalue weighted by Crippen LogP contribution is -2.40. The number of aryl methyl sites for hydroxylation is 3. The van der Waals surface area contributed by atoms with E-state index in [1.165, 1.54) is 0 Å². The van der Waals surface area contributed by atoms with Crippen molar-refractivity contribution in [2.24, 2.45) is 5.92 Å². The summed E-state index contributed by atoms with van der Waals surface area (Å²) < 4.78 is 16.1. The summed E-state index contributed by atoms with van der Waals surface area (Å²) >= 11 is 0. The van der Waals surface area contributed by atoms with Gasteiger partial charge in [-0.15, -0.1) is 0 Å². The van der Waals surface area contributed by atoms with Gasteiger partial charge in [-0.1, -0.05) is 5.16 Å². The molecule has 0 radical (unpaired) electrons. The molecule has 3 rings (SSSR count). The van der Waals surface area contributed by atoms with Crippen LogP contribution in [0.25, 0.3) is 0 Å². The predicted molar refractivity (Wildman–Crippen MR) is 76.5 cm³/mol. The predicted octanol–water partition coefficient (Wildman–Crippen LogP) is 1.58. The summed E-state index contributed by atoms with van der Waals surface area (Å²) in [5.41, 5.74) is 1.44. The fourth-order valence-electron chi connectivity index (χ4n) is 2.71. The molecule has 0 aliphatic carbocycles. The Kier molecular flexibility index (Phi) is 3.98. The van der Waals surface area contributed by atoms with Crippen LogP contribution in [0.1, 0.15) is 33.6 Å². The maximum Gasteiger partial charge on any atom is 0.289 e. The van der Waals surface area contributed by atoms with E-state index in [9.17, 15) is 4.79 Å². The number of rotatable bonds is 4. The molecule has 1 amide bonds. The van der Waals surface area contributed by atoms with Gasteiger partial charge in [0.25, 0.3) is 5.91 Å². The number of carbonyl (C=O) groups excluding carboxylic acids is 1. The summed E-state index contributed by atoms with van der Waals surface area (Å²) in [5.74, 6) is 1.45. The molecule has 22 heavy (non-hydrogen) atoms. The molecule has 1 N–H and O–H groups in total. The molecule has 1 aliphatic rings. The zero-order chi connectivity index (χ0) is 15.7. The first-order valence-corrected chi connectivity index (χ1v) is 7.27. The van der Waals surface area contributed by atoms with E-state index in [4.69, 9.17) is 13.7 Å². The van der Waals surface area contributed by atoms with Crippen molar-refractivity contribution in [2.45, 2.75) is 33.2 Å². The lowest BCUT2D eigenvalue weighted by Gasteiger charge is -2.17. The van der Waals surface area contributed by atoms with Gasteiger partial charge < -0.3 is 19.0 Å². The van der Waals surface area contributed by atoms with Gasteiger partial charge in [0.1, 0.15) is 5.76 Å². The normalized spacial score (nSPS) is 21.2. The van der Waals surface area contributed by atoms with Crippen LogP contribution in [-0.2, 0) is 11.2 Å². The first kappa shape index (κ1) is 14.8. The molecular weight excluding hydrogens is 286 g/mol. The highest BCUT2D eigenvalue weighted by Gasteiger charge is 2.32. The van der Waals surface area contributed by atoms with Crippen LogP contribution in [-0.4, -0.2) is 35.3 Å². The number of nitrogens with one attached hydrogen (secondary N) is 1. The van der Waals surface area contributed by atoms with Gasteiger partial charge in [0, 0.05) is 25.3 Å². The summed E-state index contributed by atoms with van der Waals surface area (Å²) in [5, 5.41) is 6.85. The van der Waals surface area contributed by atoms with Crippen LogP contribution in [0.4, 0.5) is 0 Å². The Labute approximate surface area is 128 Å². The van der Waals surface area contributed by atoms with Gasteiger partial charge in [0.15, 0.2) is 5.89 Å². The Hall–Kier alpha value is -2.15. The molecule has 2 aromatic rings.